The van der Waals surface area contributed by atoms with Gasteiger partial charge in [0.15, 0.2) is 0 Å². The van der Waals surface area contributed by atoms with Crippen molar-refractivity contribution < 1.29 is 0 Å². The van der Waals surface area contributed by atoms with Crippen molar-refractivity contribution in [3.05, 3.63) is 70.3 Å². The van der Waals surface area contributed by atoms with Gasteiger partial charge in [0.2, 0.25) is 0 Å². The first-order chi connectivity index (χ1) is 14.8. The summed E-state index contributed by atoms with van der Waals surface area (Å²) in [6.45, 7) is 26.9. The normalized spacial score (nSPS) is 17.7. The van der Waals surface area contributed by atoms with Gasteiger partial charge < -0.3 is 0 Å². The Morgan fingerprint density at radius 3 is 1.26 bits per heavy atom. The van der Waals surface area contributed by atoms with Crippen LogP contribution in [-0.4, -0.2) is 0 Å². The minimum Gasteiger partial charge on any atom is -0.0776 e. The van der Waals surface area contributed by atoms with E-state index in [9.17, 15) is 0 Å². The van der Waals surface area contributed by atoms with Crippen LogP contribution >= 0.6 is 0 Å². The molecule has 0 aromatic heterocycles. The lowest BCUT2D eigenvalue weighted by atomic mass is 9.60. The molecule has 0 saturated heterocycles. The second-order valence-electron chi connectivity index (χ2n) is 11.5. The Labute approximate surface area is 246 Å². The van der Waals surface area contributed by atoms with Crippen molar-refractivity contribution in [3.63, 3.8) is 0 Å². The highest BCUT2D eigenvalue weighted by Gasteiger charge is 2.38. The molecule has 0 radical (unpaired) electrons. The van der Waals surface area contributed by atoms with Gasteiger partial charge >= 0.3 is 0 Å². The molecule has 1 aliphatic carbocycles. The van der Waals surface area contributed by atoms with Crippen molar-refractivity contribution in [2.75, 3.05) is 0 Å². The van der Waals surface area contributed by atoms with E-state index >= 15 is 0 Å². The van der Waals surface area contributed by atoms with Crippen LogP contribution in [0.2, 0.25) is 0 Å². The molecule has 0 heteroatoms. The molecule has 3 rings (SSSR count). The Kier molecular flexibility index (Phi) is 35.7. The number of aryl methyl sites for hydroxylation is 5. The molecule has 1 aliphatic rings. The molecule has 0 spiro atoms. The zero-order valence-corrected chi connectivity index (χ0v) is 23.7. The number of rotatable bonds is 1. The predicted octanol–water partition coefficient (Wildman–Crippen LogP) is 14.4. The number of hydrogen-bond donors (Lipinski definition) is 0. The van der Waals surface area contributed by atoms with Gasteiger partial charge in [-0.3, -0.25) is 0 Å². The summed E-state index contributed by atoms with van der Waals surface area (Å²) in [5.74, 6) is 0.929. The van der Waals surface area contributed by atoms with Crippen LogP contribution in [-0.2, 0) is 0 Å². The lowest BCUT2D eigenvalue weighted by Gasteiger charge is -2.45. The summed E-state index contributed by atoms with van der Waals surface area (Å²) in [6.07, 6.45) is 6.87. The molecule has 0 nitrogen and oxygen atoms in total. The first-order valence-electron chi connectivity index (χ1n) is 12.8. The third kappa shape index (κ3) is 23.5. The van der Waals surface area contributed by atoms with Gasteiger partial charge in [-0.25, -0.2) is 0 Å². The van der Waals surface area contributed by atoms with Crippen LogP contribution in [0, 0.1) is 51.4 Å². The minimum absolute atomic E-state index is 0. The van der Waals surface area contributed by atoms with Crippen LogP contribution in [0.25, 0.3) is 0 Å². The van der Waals surface area contributed by atoms with Crippen molar-refractivity contribution in [1.82, 2.24) is 0 Å². The smallest absolute Gasteiger partial charge is 0.0321 e. The maximum Gasteiger partial charge on any atom is -0.0321 e. The van der Waals surface area contributed by atoms with Crippen LogP contribution < -0.4 is 0 Å². The Morgan fingerprint density at radius 1 is 0.605 bits per heavy atom. The van der Waals surface area contributed by atoms with Crippen LogP contribution in [0.4, 0.5) is 0 Å². The molecule has 1 saturated carbocycles. The average Bonchev–Trinajstić information content (AvgIpc) is 2.67. The van der Waals surface area contributed by atoms with E-state index in [0.29, 0.717) is 10.8 Å². The third-order valence-electron chi connectivity index (χ3n) is 6.38. The number of benzene rings is 2. The van der Waals surface area contributed by atoms with Gasteiger partial charge in [-0.1, -0.05) is 165 Å². The van der Waals surface area contributed by atoms with Gasteiger partial charge in [-0.05, 0) is 81.8 Å². The largest absolute Gasteiger partial charge is 0.0776 e. The molecule has 2 aromatic carbocycles. The summed E-state index contributed by atoms with van der Waals surface area (Å²) in [5, 5.41) is 0. The highest BCUT2D eigenvalue weighted by atomic mass is 14.4. The Morgan fingerprint density at radius 2 is 0.974 bits per heavy atom. The summed E-state index contributed by atoms with van der Waals surface area (Å²) in [5.41, 5.74) is 7.98. The topological polar surface area (TPSA) is 0 Å². The zero-order valence-electron chi connectivity index (χ0n) is 23.7. The van der Waals surface area contributed by atoms with E-state index in [2.05, 4.69) is 126 Å². The summed E-state index contributed by atoms with van der Waals surface area (Å²) < 4.78 is 0. The second kappa shape index (κ2) is 25.7. The van der Waals surface area contributed by atoms with Gasteiger partial charge in [0.05, 0.1) is 0 Å². The molecular weight excluding hydrogens is 456 g/mol. The SMILES string of the molecule is C.C.C.C.C.C.CCC.CCC1(C)CC(C)CC(C)(C)C1.Cc1ccc(C)c(C)c1.Cc1ccc(C)cc1. The molecular formula is C38H78. The van der Waals surface area contributed by atoms with Crippen LogP contribution in [0.1, 0.15) is 153 Å². The van der Waals surface area contributed by atoms with E-state index in [1.165, 1.54) is 59.9 Å². The predicted molar refractivity (Wildman–Crippen MR) is 188 cm³/mol. The fraction of sp³-hybridized carbons (Fsp3) is 0.684. The van der Waals surface area contributed by atoms with Gasteiger partial charge in [-0.15, -0.1) is 0 Å². The van der Waals surface area contributed by atoms with Gasteiger partial charge in [0.25, 0.3) is 0 Å². The van der Waals surface area contributed by atoms with E-state index < -0.39 is 0 Å². The van der Waals surface area contributed by atoms with Crippen molar-refractivity contribution >= 4 is 0 Å². The van der Waals surface area contributed by atoms with E-state index in [0.717, 1.165) is 5.92 Å². The number of hydrogen-bond acceptors (Lipinski definition) is 0. The van der Waals surface area contributed by atoms with Crippen LogP contribution in [0.5, 0.6) is 0 Å². The van der Waals surface area contributed by atoms with E-state index in [1.807, 2.05) is 0 Å². The first kappa shape index (κ1) is 52.8. The third-order valence-corrected chi connectivity index (χ3v) is 6.38. The van der Waals surface area contributed by atoms with E-state index in [1.54, 1.807) is 0 Å². The van der Waals surface area contributed by atoms with Crippen molar-refractivity contribution in [3.8, 4) is 0 Å². The average molecular weight is 535 g/mol. The van der Waals surface area contributed by atoms with Crippen LogP contribution in [0.15, 0.2) is 42.5 Å². The van der Waals surface area contributed by atoms with E-state index in [-0.39, 0.29) is 44.6 Å². The summed E-state index contributed by atoms with van der Waals surface area (Å²) in [4.78, 5) is 0. The molecule has 1 fully saturated rings. The van der Waals surface area contributed by atoms with Crippen LogP contribution in [0.3, 0.4) is 0 Å². The molecule has 0 bridgehead atoms. The molecule has 0 aliphatic heterocycles. The molecule has 0 heterocycles. The standard InChI is InChI=1S/C12H24.C9H12.C8H10.C3H8.6CH4/c1-6-12(5)8-10(2)7-11(3,4)9-12;1-7-4-5-8(2)9(3)6-7;1-7-3-5-8(2)6-4-7;1-3-2;;;;;;/h10H,6-9H2,1-5H3;4-6H,1-3H3;3-6H,1-2H3;3H2,1-2H3;6*1H4. The van der Waals surface area contributed by atoms with Crippen molar-refractivity contribution in [1.29, 1.82) is 0 Å². The Balaban J connectivity index is -0.0000000679. The molecule has 2 aromatic rings. The maximum atomic E-state index is 2.46. The molecule has 2 unspecified atom stereocenters. The van der Waals surface area contributed by atoms with Crippen molar-refractivity contribution in [2.24, 2.45) is 16.7 Å². The lowest BCUT2D eigenvalue weighted by Crippen LogP contribution is -2.34. The monoisotopic (exact) mass is 535 g/mol. The minimum atomic E-state index is 0. The molecule has 0 amide bonds. The quantitative estimate of drug-likeness (QED) is 0.341. The Bertz CT molecular complexity index is 729. The maximum absolute atomic E-state index is 2.46. The van der Waals surface area contributed by atoms with Crippen molar-refractivity contribution in [2.45, 2.75) is 160 Å². The first-order valence-corrected chi connectivity index (χ1v) is 12.8. The zero-order chi connectivity index (χ0) is 24.9. The fourth-order valence-corrected chi connectivity index (χ4v) is 4.95. The second-order valence-corrected chi connectivity index (χ2v) is 11.5. The molecule has 0 N–H and O–H groups in total. The molecule has 230 valence electrons. The van der Waals surface area contributed by atoms with E-state index in [4.69, 9.17) is 0 Å². The van der Waals surface area contributed by atoms with Gasteiger partial charge in [-0.2, -0.15) is 0 Å². The summed E-state index contributed by atoms with van der Waals surface area (Å²) >= 11 is 0. The van der Waals surface area contributed by atoms with Gasteiger partial charge in [0, 0.05) is 0 Å². The molecule has 38 heavy (non-hydrogen) atoms. The lowest BCUT2D eigenvalue weighted by molar-refractivity contribution is 0.0582. The molecule has 2 atom stereocenters. The highest BCUT2D eigenvalue weighted by Crippen LogP contribution is 2.49. The Hall–Kier alpha value is -1.56. The fourth-order valence-electron chi connectivity index (χ4n) is 4.95. The van der Waals surface area contributed by atoms with Gasteiger partial charge in [0.1, 0.15) is 0 Å². The summed E-state index contributed by atoms with van der Waals surface area (Å²) in [7, 11) is 0. The highest BCUT2D eigenvalue weighted by molar-refractivity contribution is 5.28. The summed E-state index contributed by atoms with van der Waals surface area (Å²) in [6, 6.07) is 15.0.